The zero-order chi connectivity index (χ0) is 15.4. The van der Waals surface area contributed by atoms with E-state index in [0.29, 0.717) is 0 Å². The van der Waals surface area contributed by atoms with Crippen molar-refractivity contribution < 1.29 is 19.5 Å². The molecule has 0 aromatic rings. The highest BCUT2D eigenvalue weighted by molar-refractivity contribution is 5.87. The second-order valence-electron chi connectivity index (χ2n) is 5.77. The van der Waals surface area contributed by atoms with Crippen LogP contribution in [-0.4, -0.2) is 64.5 Å². The Bertz CT molecular complexity index is 416. The normalized spacial score (nSPS) is 19.2. The summed E-state index contributed by atoms with van der Waals surface area (Å²) in [5.74, 6) is -0.982. The minimum absolute atomic E-state index is 0.0603. The number of nitrogens with one attached hydrogen (secondary N) is 1. The second-order valence-corrected chi connectivity index (χ2v) is 5.77. The average molecular weight is 297 g/mol. The Hall–Kier alpha value is -1.79. The van der Waals surface area contributed by atoms with E-state index in [-0.39, 0.29) is 30.9 Å². The predicted octanol–water partition coefficient (Wildman–Crippen LogP) is 0.646. The van der Waals surface area contributed by atoms with Crippen LogP contribution in [0.1, 0.15) is 39.0 Å². The molecule has 1 aliphatic carbocycles. The molecule has 0 bridgehead atoms. The van der Waals surface area contributed by atoms with E-state index in [4.69, 9.17) is 5.11 Å². The number of rotatable bonds is 6. The number of carbonyl (C=O) groups is 3. The van der Waals surface area contributed by atoms with Crippen molar-refractivity contribution in [2.45, 2.75) is 51.1 Å². The highest BCUT2D eigenvalue weighted by Crippen LogP contribution is 2.27. The topological polar surface area (TPSA) is 90.0 Å². The van der Waals surface area contributed by atoms with E-state index in [2.05, 4.69) is 5.32 Å². The number of nitrogens with zero attached hydrogens (tertiary/aromatic N) is 2. The van der Waals surface area contributed by atoms with Crippen LogP contribution in [0.5, 0.6) is 0 Å². The van der Waals surface area contributed by atoms with Gasteiger partial charge in [0, 0.05) is 25.7 Å². The Balaban J connectivity index is 1.85. The summed E-state index contributed by atoms with van der Waals surface area (Å²) >= 11 is 0. The molecule has 2 aliphatic rings. The van der Waals surface area contributed by atoms with Crippen molar-refractivity contribution in [2.24, 2.45) is 0 Å². The van der Waals surface area contributed by atoms with E-state index in [1.165, 1.54) is 0 Å². The largest absolute Gasteiger partial charge is 0.481 e. The number of aliphatic carboxylic acids is 1. The van der Waals surface area contributed by atoms with Crippen LogP contribution in [0.25, 0.3) is 0 Å². The van der Waals surface area contributed by atoms with Crippen molar-refractivity contribution in [3.63, 3.8) is 0 Å². The number of hydrogen-bond acceptors (Lipinski definition) is 3. The quantitative estimate of drug-likeness (QED) is 0.753. The van der Waals surface area contributed by atoms with E-state index in [1.807, 2.05) is 0 Å². The third kappa shape index (κ3) is 4.34. The third-order valence-corrected chi connectivity index (χ3v) is 3.94. The Morgan fingerprint density at radius 2 is 1.90 bits per heavy atom. The Morgan fingerprint density at radius 1 is 1.29 bits per heavy atom. The summed E-state index contributed by atoms with van der Waals surface area (Å²) in [4.78, 5) is 38.3. The highest BCUT2D eigenvalue weighted by atomic mass is 16.4. The molecule has 2 N–H and O–H groups in total. The minimum Gasteiger partial charge on any atom is -0.481 e. The maximum Gasteiger partial charge on any atom is 0.318 e. The van der Waals surface area contributed by atoms with Crippen molar-refractivity contribution in [1.82, 2.24) is 15.1 Å². The van der Waals surface area contributed by atoms with Gasteiger partial charge in [-0.25, -0.2) is 4.79 Å². The predicted molar refractivity (Wildman–Crippen MR) is 75.8 cm³/mol. The van der Waals surface area contributed by atoms with Gasteiger partial charge in [-0.3, -0.25) is 9.59 Å². The van der Waals surface area contributed by atoms with Crippen LogP contribution in [0, 0.1) is 0 Å². The van der Waals surface area contributed by atoms with Crippen LogP contribution in [0.4, 0.5) is 4.79 Å². The SMILES string of the molecule is CC(NC(=O)N(CCC(=O)O)C1CC1)C(=O)N1CCCC1. The lowest BCUT2D eigenvalue weighted by Gasteiger charge is -2.26. The zero-order valence-electron chi connectivity index (χ0n) is 12.4. The van der Waals surface area contributed by atoms with Crippen LogP contribution in [-0.2, 0) is 9.59 Å². The summed E-state index contributed by atoms with van der Waals surface area (Å²) in [5, 5.41) is 11.4. The van der Waals surface area contributed by atoms with Gasteiger partial charge in [-0.2, -0.15) is 0 Å². The zero-order valence-corrected chi connectivity index (χ0v) is 12.4. The van der Waals surface area contributed by atoms with Crippen LogP contribution in [0.15, 0.2) is 0 Å². The van der Waals surface area contributed by atoms with Crippen molar-refractivity contribution in [3.8, 4) is 0 Å². The average Bonchev–Trinajstić information content (AvgIpc) is 3.11. The van der Waals surface area contributed by atoms with Crippen LogP contribution < -0.4 is 5.32 Å². The van der Waals surface area contributed by atoms with Crippen molar-refractivity contribution in [1.29, 1.82) is 0 Å². The van der Waals surface area contributed by atoms with Gasteiger partial charge in [-0.1, -0.05) is 0 Å². The van der Waals surface area contributed by atoms with Gasteiger partial charge < -0.3 is 20.2 Å². The van der Waals surface area contributed by atoms with E-state index in [9.17, 15) is 14.4 Å². The Labute approximate surface area is 124 Å². The highest BCUT2D eigenvalue weighted by Gasteiger charge is 2.34. The van der Waals surface area contributed by atoms with Gasteiger partial charge in [0.1, 0.15) is 6.04 Å². The second kappa shape index (κ2) is 6.78. The summed E-state index contributed by atoms with van der Waals surface area (Å²) in [6.45, 7) is 3.38. The van der Waals surface area contributed by atoms with Crippen molar-refractivity contribution in [2.75, 3.05) is 19.6 Å². The standard InChI is InChI=1S/C14H23N3O4/c1-10(13(20)16-7-2-3-8-16)15-14(21)17(11-4-5-11)9-6-12(18)19/h10-11H,2-9H2,1H3,(H,15,21)(H,18,19). The maximum absolute atomic E-state index is 12.2. The summed E-state index contributed by atoms with van der Waals surface area (Å²) in [7, 11) is 0. The van der Waals surface area contributed by atoms with Gasteiger partial charge in [0.2, 0.25) is 5.91 Å². The lowest BCUT2D eigenvalue weighted by atomic mass is 10.3. The molecule has 1 heterocycles. The van der Waals surface area contributed by atoms with Gasteiger partial charge in [-0.15, -0.1) is 0 Å². The molecule has 0 spiro atoms. The summed E-state index contributed by atoms with van der Waals surface area (Å²) < 4.78 is 0. The molecule has 2 fully saturated rings. The maximum atomic E-state index is 12.2. The number of hydrogen-bond donors (Lipinski definition) is 2. The number of carbonyl (C=O) groups excluding carboxylic acids is 2. The van der Waals surface area contributed by atoms with Crippen LogP contribution >= 0.6 is 0 Å². The molecule has 1 saturated carbocycles. The molecular formula is C14H23N3O4. The van der Waals surface area contributed by atoms with Crippen molar-refractivity contribution >= 4 is 17.9 Å². The summed E-state index contributed by atoms with van der Waals surface area (Å²) in [6.07, 6.45) is 3.76. The lowest BCUT2D eigenvalue weighted by Crippen LogP contribution is -2.51. The minimum atomic E-state index is -0.922. The first-order valence-electron chi connectivity index (χ1n) is 7.56. The molecular weight excluding hydrogens is 274 g/mol. The molecule has 3 amide bonds. The molecule has 2 rings (SSSR count). The number of amides is 3. The first kappa shape index (κ1) is 15.6. The molecule has 7 nitrogen and oxygen atoms in total. The fourth-order valence-corrected chi connectivity index (χ4v) is 2.59. The fourth-order valence-electron chi connectivity index (χ4n) is 2.59. The molecule has 1 atom stereocenters. The number of carboxylic acids is 1. The lowest BCUT2D eigenvalue weighted by molar-refractivity contribution is -0.137. The first-order valence-corrected chi connectivity index (χ1v) is 7.56. The molecule has 0 aromatic heterocycles. The summed E-state index contributed by atoms with van der Waals surface area (Å²) in [5.41, 5.74) is 0. The third-order valence-electron chi connectivity index (χ3n) is 3.94. The van der Waals surface area contributed by atoms with Gasteiger partial charge in [-0.05, 0) is 32.6 Å². The van der Waals surface area contributed by atoms with E-state index in [1.54, 1.807) is 16.7 Å². The number of urea groups is 1. The Morgan fingerprint density at radius 3 is 2.43 bits per heavy atom. The number of carboxylic acid groups (broad SMARTS) is 1. The number of likely N-dealkylation sites (tertiary alicyclic amines) is 1. The molecule has 7 heteroatoms. The van der Waals surface area contributed by atoms with E-state index >= 15 is 0 Å². The first-order chi connectivity index (χ1) is 9.99. The van der Waals surface area contributed by atoms with Gasteiger partial charge in [0.15, 0.2) is 0 Å². The molecule has 21 heavy (non-hydrogen) atoms. The van der Waals surface area contributed by atoms with Crippen LogP contribution in [0.2, 0.25) is 0 Å². The molecule has 0 aromatic carbocycles. The van der Waals surface area contributed by atoms with Gasteiger partial charge in [0.25, 0.3) is 0 Å². The van der Waals surface area contributed by atoms with Gasteiger partial charge in [0.05, 0.1) is 6.42 Å². The molecule has 0 radical (unpaired) electrons. The monoisotopic (exact) mass is 297 g/mol. The molecule has 1 saturated heterocycles. The van der Waals surface area contributed by atoms with E-state index in [0.717, 1.165) is 38.8 Å². The van der Waals surface area contributed by atoms with Crippen molar-refractivity contribution in [3.05, 3.63) is 0 Å². The molecule has 1 unspecified atom stereocenters. The summed E-state index contributed by atoms with van der Waals surface area (Å²) in [6, 6.07) is -0.779. The molecule has 118 valence electrons. The molecule has 1 aliphatic heterocycles. The van der Waals surface area contributed by atoms with Gasteiger partial charge >= 0.3 is 12.0 Å². The Kier molecular flexibility index (Phi) is 5.03. The smallest absolute Gasteiger partial charge is 0.318 e. The van der Waals surface area contributed by atoms with Crippen LogP contribution in [0.3, 0.4) is 0 Å². The fraction of sp³-hybridized carbons (Fsp3) is 0.786. The van der Waals surface area contributed by atoms with E-state index < -0.39 is 12.0 Å².